The van der Waals surface area contributed by atoms with Crippen molar-refractivity contribution in [2.45, 2.75) is 30.7 Å². The van der Waals surface area contributed by atoms with Gasteiger partial charge in [-0.2, -0.15) is 0 Å². The second kappa shape index (κ2) is 7.22. The lowest BCUT2D eigenvalue weighted by atomic mass is 10.0. The minimum Gasteiger partial charge on any atom is -0.337 e. The van der Waals surface area contributed by atoms with Gasteiger partial charge in [-0.05, 0) is 42.0 Å². The van der Waals surface area contributed by atoms with E-state index < -0.39 is 9.84 Å². The highest BCUT2D eigenvalue weighted by Crippen LogP contribution is 2.38. The number of H-pyrrole nitrogens is 1. The maximum absolute atomic E-state index is 12.4. The zero-order valence-electron chi connectivity index (χ0n) is 16.0. The van der Waals surface area contributed by atoms with Gasteiger partial charge in [-0.3, -0.25) is 0 Å². The quantitative estimate of drug-likeness (QED) is 0.468. The van der Waals surface area contributed by atoms with Crippen molar-refractivity contribution in [2.75, 3.05) is 11.5 Å². The van der Waals surface area contributed by atoms with Crippen molar-refractivity contribution in [1.82, 2.24) is 15.0 Å². The van der Waals surface area contributed by atoms with E-state index in [4.69, 9.17) is 0 Å². The molecule has 0 spiro atoms. The fourth-order valence-electron chi connectivity index (χ4n) is 3.36. The number of nitrogens with one attached hydrogen (secondary N) is 1. The molecule has 144 valence electrons. The summed E-state index contributed by atoms with van der Waals surface area (Å²) in [5.41, 5.74) is 4.57. The predicted octanol–water partition coefficient (Wildman–Crippen LogP) is 4.99. The Morgan fingerprint density at radius 3 is 2.68 bits per heavy atom. The molecule has 0 atom stereocenters. The molecule has 0 unspecified atom stereocenters. The normalized spacial score (nSPS) is 12.1. The van der Waals surface area contributed by atoms with Crippen LogP contribution in [-0.2, 0) is 9.84 Å². The standard InChI is InChI=1S/C21H21N3O2S2/c1-4-27-21-19-18(16-9-13(3)11-22-20(16)24-19)17(12-23-21)14-7-6-8-15(10-14)28(25,26)5-2/h6-12H,4-5H2,1-3H3,(H,22,24). The Labute approximate surface area is 168 Å². The number of thioether (sulfide) groups is 1. The first-order valence-corrected chi connectivity index (χ1v) is 11.8. The molecule has 0 amide bonds. The van der Waals surface area contributed by atoms with Crippen LogP contribution in [0.5, 0.6) is 0 Å². The summed E-state index contributed by atoms with van der Waals surface area (Å²) >= 11 is 1.67. The van der Waals surface area contributed by atoms with Gasteiger partial charge in [-0.25, -0.2) is 18.4 Å². The smallest absolute Gasteiger partial charge is 0.178 e. The third kappa shape index (κ3) is 3.18. The lowest BCUT2D eigenvalue weighted by molar-refractivity contribution is 0.597. The Kier molecular flexibility index (Phi) is 4.89. The molecule has 28 heavy (non-hydrogen) atoms. The van der Waals surface area contributed by atoms with E-state index in [1.807, 2.05) is 25.4 Å². The lowest BCUT2D eigenvalue weighted by Gasteiger charge is -2.09. The van der Waals surface area contributed by atoms with Crippen LogP contribution >= 0.6 is 11.8 Å². The molecule has 0 bridgehead atoms. The average molecular weight is 412 g/mol. The van der Waals surface area contributed by atoms with Gasteiger partial charge in [0.25, 0.3) is 0 Å². The van der Waals surface area contributed by atoms with Gasteiger partial charge >= 0.3 is 0 Å². The van der Waals surface area contributed by atoms with E-state index in [2.05, 4.69) is 27.9 Å². The Balaban J connectivity index is 2.05. The minimum absolute atomic E-state index is 0.0758. The van der Waals surface area contributed by atoms with Gasteiger partial charge in [0.1, 0.15) is 10.7 Å². The SMILES string of the molecule is CCSc1ncc(-c2cccc(S(=O)(=O)CC)c2)c2c1[nH]c1ncc(C)cc12. The van der Waals surface area contributed by atoms with E-state index in [9.17, 15) is 8.42 Å². The van der Waals surface area contributed by atoms with Crippen LogP contribution in [-0.4, -0.2) is 34.9 Å². The van der Waals surface area contributed by atoms with E-state index >= 15 is 0 Å². The largest absolute Gasteiger partial charge is 0.337 e. The summed E-state index contributed by atoms with van der Waals surface area (Å²) in [6.07, 6.45) is 3.68. The van der Waals surface area contributed by atoms with Crippen LogP contribution in [0.2, 0.25) is 0 Å². The molecule has 0 fully saturated rings. The number of benzene rings is 1. The first-order valence-electron chi connectivity index (χ1n) is 9.17. The number of pyridine rings is 2. The summed E-state index contributed by atoms with van der Waals surface area (Å²) in [4.78, 5) is 12.9. The molecule has 0 aliphatic rings. The maximum atomic E-state index is 12.4. The van der Waals surface area contributed by atoms with Gasteiger partial charge in [-0.1, -0.05) is 26.0 Å². The van der Waals surface area contributed by atoms with Gasteiger partial charge in [0.2, 0.25) is 0 Å². The van der Waals surface area contributed by atoms with Gasteiger partial charge in [-0.15, -0.1) is 11.8 Å². The summed E-state index contributed by atoms with van der Waals surface area (Å²) in [6, 6.07) is 9.22. The molecule has 1 N–H and O–H groups in total. The molecular weight excluding hydrogens is 390 g/mol. The summed E-state index contributed by atoms with van der Waals surface area (Å²) in [5, 5.41) is 2.98. The molecule has 4 aromatic rings. The molecular formula is C21H21N3O2S2. The molecule has 0 aliphatic heterocycles. The van der Waals surface area contributed by atoms with Crippen LogP contribution in [0.25, 0.3) is 33.1 Å². The third-order valence-electron chi connectivity index (χ3n) is 4.75. The Hall–Kier alpha value is -2.38. The van der Waals surface area contributed by atoms with E-state index in [-0.39, 0.29) is 5.75 Å². The minimum atomic E-state index is -3.28. The number of hydrogen-bond donors (Lipinski definition) is 1. The van der Waals surface area contributed by atoms with E-state index in [1.165, 1.54) is 0 Å². The highest BCUT2D eigenvalue weighted by atomic mass is 32.2. The molecule has 3 aromatic heterocycles. The van der Waals surface area contributed by atoms with Crippen LogP contribution < -0.4 is 0 Å². The molecule has 0 aliphatic carbocycles. The highest BCUT2D eigenvalue weighted by Gasteiger charge is 2.18. The van der Waals surface area contributed by atoms with Crippen LogP contribution in [0.3, 0.4) is 0 Å². The number of hydrogen-bond acceptors (Lipinski definition) is 5. The van der Waals surface area contributed by atoms with Gasteiger partial charge in [0.05, 0.1) is 16.2 Å². The predicted molar refractivity (Wildman–Crippen MR) is 116 cm³/mol. The van der Waals surface area contributed by atoms with E-state index in [0.717, 1.165) is 49.4 Å². The molecule has 7 heteroatoms. The number of sulfone groups is 1. The van der Waals surface area contributed by atoms with E-state index in [1.54, 1.807) is 36.9 Å². The summed E-state index contributed by atoms with van der Waals surface area (Å²) < 4.78 is 24.7. The van der Waals surface area contributed by atoms with Gasteiger partial charge in [0, 0.05) is 28.7 Å². The molecule has 0 saturated heterocycles. The zero-order chi connectivity index (χ0) is 19.9. The van der Waals surface area contributed by atoms with Crippen molar-refractivity contribution < 1.29 is 8.42 Å². The lowest BCUT2D eigenvalue weighted by Crippen LogP contribution is -2.03. The Morgan fingerprint density at radius 1 is 1.11 bits per heavy atom. The van der Waals surface area contributed by atoms with Gasteiger partial charge in [0.15, 0.2) is 9.84 Å². The monoisotopic (exact) mass is 411 g/mol. The second-order valence-electron chi connectivity index (χ2n) is 6.63. The van der Waals surface area contributed by atoms with Crippen molar-refractivity contribution in [1.29, 1.82) is 0 Å². The number of nitrogens with zero attached hydrogens (tertiary/aromatic N) is 2. The number of aromatic amines is 1. The van der Waals surface area contributed by atoms with Crippen molar-refractivity contribution in [3.8, 4) is 11.1 Å². The molecule has 5 nitrogen and oxygen atoms in total. The Morgan fingerprint density at radius 2 is 1.93 bits per heavy atom. The molecule has 4 rings (SSSR count). The van der Waals surface area contributed by atoms with Crippen LogP contribution in [0.15, 0.2) is 52.6 Å². The summed E-state index contributed by atoms with van der Waals surface area (Å²) in [5.74, 6) is 0.986. The van der Waals surface area contributed by atoms with Crippen molar-refractivity contribution >= 4 is 43.5 Å². The molecule has 1 aromatic carbocycles. The second-order valence-corrected chi connectivity index (χ2v) is 10.2. The molecule has 0 saturated carbocycles. The molecule has 3 heterocycles. The first-order chi connectivity index (χ1) is 13.4. The fraction of sp³-hybridized carbons (Fsp3) is 0.238. The van der Waals surface area contributed by atoms with Crippen LogP contribution in [0, 0.1) is 6.92 Å². The third-order valence-corrected chi connectivity index (χ3v) is 7.35. The highest BCUT2D eigenvalue weighted by molar-refractivity contribution is 7.99. The van der Waals surface area contributed by atoms with Crippen molar-refractivity contribution in [2.24, 2.45) is 0 Å². The fourth-order valence-corrected chi connectivity index (χ4v) is 4.98. The van der Waals surface area contributed by atoms with Gasteiger partial charge < -0.3 is 4.98 Å². The van der Waals surface area contributed by atoms with E-state index in [0.29, 0.717) is 4.90 Å². The Bertz CT molecular complexity index is 1290. The summed E-state index contributed by atoms with van der Waals surface area (Å²) in [6.45, 7) is 5.77. The average Bonchev–Trinajstić information content (AvgIpc) is 3.08. The first kappa shape index (κ1) is 19.0. The van der Waals surface area contributed by atoms with Crippen molar-refractivity contribution in [3.63, 3.8) is 0 Å². The number of aryl methyl sites for hydroxylation is 1. The maximum Gasteiger partial charge on any atom is 0.178 e. The number of rotatable bonds is 5. The molecule has 0 radical (unpaired) electrons. The summed E-state index contributed by atoms with van der Waals surface area (Å²) in [7, 11) is -3.28. The zero-order valence-corrected chi connectivity index (χ0v) is 17.6. The topological polar surface area (TPSA) is 75.7 Å². The van der Waals surface area contributed by atoms with Crippen molar-refractivity contribution in [3.05, 3.63) is 48.3 Å². The van der Waals surface area contributed by atoms with Crippen LogP contribution in [0.1, 0.15) is 19.4 Å². The number of fused-ring (bicyclic) bond motifs is 3. The van der Waals surface area contributed by atoms with Crippen LogP contribution in [0.4, 0.5) is 0 Å². The number of aromatic nitrogens is 3.